The lowest BCUT2D eigenvalue weighted by Crippen LogP contribution is -2.36. The summed E-state index contributed by atoms with van der Waals surface area (Å²) in [5.74, 6) is -0.152. The molecule has 0 aliphatic carbocycles. The molecule has 2 amide bonds. The molecule has 0 fully saturated rings. The van der Waals surface area contributed by atoms with E-state index < -0.39 is 0 Å². The van der Waals surface area contributed by atoms with E-state index in [0.717, 1.165) is 12.1 Å². The third kappa shape index (κ3) is 7.56. The Bertz CT molecular complexity index is 746. The highest BCUT2D eigenvalue weighted by atomic mass is 32.2. The highest BCUT2D eigenvalue weighted by molar-refractivity contribution is 8.01. The molecule has 0 aliphatic heterocycles. The van der Waals surface area contributed by atoms with Crippen molar-refractivity contribution >= 4 is 45.7 Å². The molecule has 0 atom stereocenters. The Labute approximate surface area is 167 Å². The summed E-state index contributed by atoms with van der Waals surface area (Å²) in [5, 5.41) is 14.7. The van der Waals surface area contributed by atoms with Crippen molar-refractivity contribution in [2.75, 3.05) is 31.7 Å². The summed E-state index contributed by atoms with van der Waals surface area (Å²) < 4.78 is 0.700. The Morgan fingerprint density at radius 2 is 1.93 bits per heavy atom. The van der Waals surface area contributed by atoms with Gasteiger partial charge in [-0.25, -0.2) is 0 Å². The van der Waals surface area contributed by atoms with Crippen molar-refractivity contribution in [2.24, 2.45) is 0 Å². The molecule has 1 heterocycles. The number of rotatable bonds is 10. The summed E-state index contributed by atoms with van der Waals surface area (Å²) in [4.78, 5) is 24.7. The van der Waals surface area contributed by atoms with Gasteiger partial charge in [0, 0.05) is 19.8 Å². The van der Waals surface area contributed by atoms with Crippen LogP contribution in [0.25, 0.3) is 0 Å². The van der Waals surface area contributed by atoms with Gasteiger partial charge in [0.1, 0.15) is 0 Å². The number of anilines is 2. The first kappa shape index (κ1) is 21.2. The maximum Gasteiger partial charge on any atom is 0.241 e. The fourth-order valence-electron chi connectivity index (χ4n) is 2.09. The lowest BCUT2D eigenvalue weighted by Gasteiger charge is -2.10. The van der Waals surface area contributed by atoms with Crippen LogP contribution < -0.4 is 10.6 Å². The highest BCUT2D eigenvalue weighted by Crippen LogP contribution is 2.27. The molecule has 0 saturated heterocycles. The fourth-order valence-corrected chi connectivity index (χ4v) is 3.69. The molecule has 0 spiro atoms. The largest absolute Gasteiger partial charge is 0.347 e. The van der Waals surface area contributed by atoms with Crippen LogP contribution in [0.4, 0.5) is 10.8 Å². The Morgan fingerprint density at radius 3 is 2.59 bits per heavy atom. The van der Waals surface area contributed by atoms with Crippen LogP contribution in [0.5, 0.6) is 0 Å². The smallest absolute Gasteiger partial charge is 0.241 e. The summed E-state index contributed by atoms with van der Waals surface area (Å²) in [7, 11) is 3.30. The maximum atomic E-state index is 11.8. The number of likely N-dealkylation sites (N-methyl/N-ethyl adjacent to an activating group) is 1. The minimum absolute atomic E-state index is 0.00354. The van der Waals surface area contributed by atoms with Crippen molar-refractivity contribution in [1.29, 1.82) is 0 Å². The molecule has 0 bridgehead atoms. The standard InChI is InChI=1S/C18H25N5O2S2/c1-4-5-6-13-7-9-14(10-8-13)20-17-21-22-18(27-17)26-12-15(24)19-11-16(25)23(2)3/h7-10H,4-6,11-12H2,1-3H3,(H,19,24)(H,20,21). The fraction of sp³-hybridized carbons (Fsp3) is 0.444. The molecule has 0 aliphatic rings. The molecule has 2 aromatic rings. The Kier molecular flexibility index (Phi) is 8.53. The molecule has 0 saturated carbocycles. The molecule has 146 valence electrons. The summed E-state index contributed by atoms with van der Waals surface area (Å²) in [5.41, 5.74) is 2.29. The van der Waals surface area contributed by atoms with E-state index in [1.807, 2.05) is 12.1 Å². The number of hydrogen-bond donors (Lipinski definition) is 2. The topological polar surface area (TPSA) is 87.2 Å². The average molecular weight is 408 g/mol. The number of aromatic nitrogens is 2. The second-order valence-electron chi connectivity index (χ2n) is 6.15. The van der Waals surface area contributed by atoms with Gasteiger partial charge in [-0.1, -0.05) is 48.6 Å². The third-order valence-electron chi connectivity index (χ3n) is 3.69. The molecule has 0 unspecified atom stereocenters. The number of nitrogens with zero attached hydrogens (tertiary/aromatic N) is 3. The van der Waals surface area contributed by atoms with Gasteiger partial charge in [0.2, 0.25) is 16.9 Å². The maximum absolute atomic E-state index is 11.8. The van der Waals surface area contributed by atoms with E-state index in [1.165, 1.54) is 46.4 Å². The van der Waals surface area contributed by atoms with Crippen LogP contribution in [0.1, 0.15) is 25.3 Å². The lowest BCUT2D eigenvalue weighted by molar-refractivity contribution is -0.130. The van der Waals surface area contributed by atoms with Gasteiger partial charge in [-0.3, -0.25) is 9.59 Å². The summed E-state index contributed by atoms with van der Waals surface area (Å²) in [6.45, 7) is 2.19. The van der Waals surface area contributed by atoms with E-state index in [0.29, 0.717) is 9.47 Å². The predicted molar refractivity (Wildman–Crippen MR) is 111 cm³/mol. The van der Waals surface area contributed by atoms with Gasteiger partial charge in [-0.15, -0.1) is 10.2 Å². The van der Waals surface area contributed by atoms with E-state index >= 15 is 0 Å². The van der Waals surface area contributed by atoms with Crippen LogP contribution in [0.15, 0.2) is 28.6 Å². The van der Waals surface area contributed by atoms with Crippen LogP contribution in [0.3, 0.4) is 0 Å². The van der Waals surface area contributed by atoms with Crippen molar-refractivity contribution in [3.05, 3.63) is 29.8 Å². The van der Waals surface area contributed by atoms with Gasteiger partial charge in [-0.2, -0.15) is 0 Å². The van der Waals surface area contributed by atoms with Crippen molar-refractivity contribution in [3.8, 4) is 0 Å². The molecule has 9 heteroatoms. The van der Waals surface area contributed by atoms with Crippen LogP contribution in [0.2, 0.25) is 0 Å². The van der Waals surface area contributed by atoms with Crippen molar-refractivity contribution < 1.29 is 9.59 Å². The zero-order chi connectivity index (χ0) is 19.6. The number of carbonyl (C=O) groups excluding carboxylic acids is 2. The monoisotopic (exact) mass is 407 g/mol. The highest BCUT2D eigenvalue weighted by Gasteiger charge is 2.10. The second-order valence-corrected chi connectivity index (χ2v) is 8.35. The normalized spacial score (nSPS) is 10.5. The van der Waals surface area contributed by atoms with Crippen molar-refractivity contribution in [1.82, 2.24) is 20.4 Å². The van der Waals surface area contributed by atoms with Gasteiger partial charge in [0.25, 0.3) is 0 Å². The summed E-state index contributed by atoms with van der Waals surface area (Å²) in [6, 6.07) is 8.31. The first-order valence-corrected chi connectivity index (χ1v) is 10.6. The third-order valence-corrected chi connectivity index (χ3v) is 5.67. The number of carbonyl (C=O) groups is 2. The summed E-state index contributed by atoms with van der Waals surface area (Å²) >= 11 is 2.69. The second kappa shape index (κ2) is 10.9. The molecule has 7 nitrogen and oxygen atoms in total. The van der Waals surface area contributed by atoms with E-state index in [2.05, 4.69) is 39.9 Å². The molecule has 2 rings (SSSR count). The minimum atomic E-state index is -0.206. The van der Waals surface area contributed by atoms with Gasteiger partial charge in [0.05, 0.1) is 12.3 Å². The first-order valence-electron chi connectivity index (χ1n) is 8.77. The number of aryl methyl sites for hydroxylation is 1. The lowest BCUT2D eigenvalue weighted by atomic mass is 10.1. The zero-order valence-electron chi connectivity index (χ0n) is 15.8. The molecular formula is C18H25N5O2S2. The van der Waals surface area contributed by atoms with E-state index in [9.17, 15) is 9.59 Å². The average Bonchev–Trinajstić information content (AvgIpc) is 3.11. The van der Waals surface area contributed by atoms with Gasteiger partial charge in [0.15, 0.2) is 4.34 Å². The molecular weight excluding hydrogens is 382 g/mol. The van der Waals surface area contributed by atoms with E-state index in [-0.39, 0.29) is 24.1 Å². The number of benzene rings is 1. The van der Waals surface area contributed by atoms with Gasteiger partial charge in [-0.05, 0) is 30.5 Å². The molecule has 1 aromatic carbocycles. The number of hydrogen-bond acceptors (Lipinski definition) is 7. The van der Waals surface area contributed by atoms with Crippen LogP contribution in [-0.4, -0.2) is 53.3 Å². The Balaban J connectivity index is 1.77. The zero-order valence-corrected chi connectivity index (χ0v) is 17.5. The molecule has 1 aromatic heterocycles. The number of unbranched alkanes of at least 4 members (excludes halogenated alkanes) is 1. The Hall–Kier alpha value is -2.13. The van der Waals surface area contributed by atoms with Crippen LogP contribution in [-0.2, 0) is 16.0 Å². The van der Waals surface area contributed by atoms with E-state index in [1.54, 1.807) is 14.1 Å². The number of amides is 2. The van der Waals surface area contributed by atoms with Crippen molar-refractivity contribution in [3.63, 3.8) is 0 Å². The Morgan fingerprint density at radius 1 is 1.19 bits per heavy atom. The minimum Gasteiger partial charge on any atom is -0.347 e. The first-order chi connectivity index (χ1) is 13.0. The predicted octanol–water partition coefficient (Wildman–Crippen LogP) is 2.92. The van der Waals surface area contributed by atoms with Gasteiger partial charge >= 0.3 is 0 Å². The quantitative estimate of drug-likeness (QED) is 0.589. The van der Waals surface area contributed by atoms with Crippen LogP contribution in [0, 0.1) is 0 Å². The molecule has 0 radical (unpaired) electrons. The van der Waals surface area contributed by atoms with Crippen molar-refractivity contribution in [2.45, 2.75) is 30.5 Å². The number of thioether (sulfide) groups is 1. The summed E-state index contributed by atoms with van der Waals surface area (Å²) in [6.07, 6.45) is 3.48. The number of nitrogens with one attached hydrogen (secondary N) is 2. The van der Waals surface area contributed by atoms with Gasteiger partial charge < -0.3 is 15.5 Å². The SMILES string of the molecule is CCCCc1ccc(Nc2nnc(SCC(=O)NCC(=O)N(C)C)s2)cc1. The molecule has 27 heavy (non-hydrogen) atoms. The molecule has 2 N–H and O–H groups in total. The van der Waals surface area contributed by atoms with Crippen LogP contribution >= 0.6 is 23.1 Å². The van der Waals surface area contributed by atoms with E-state index in [4.69, 9.17) is 0 Å².